The standard InChI is InChI=1S/C12H12F3NO5/c1-3-20-9-6-10(21-4-2)8(16(18)19)5-7(9)11(17)12(13,14)15/h5-6H,3-4H2,1-2H3. The van der Waals surface area contributed by atoms with Gasteiger partial charge in [0.1, 0.15) is 5.75 Å². The lowest BCUT2D eigenvalue weighted by Gasteiger charge is -2.13. The number of nitro benzene ring substituents is 1. The third-order valence-electron chi connectivity index (χ3n) is 2.36. The summed E-state index contributed by atoms with van der Waals surface area (Å²) in [6.45, 7) is 3.11. The zero-order valence-electron chi connectivity index (χ0n) is 11.2. The third-order valence-corrected chi connectivity index (χ3v) is 2.36. The van der Waals surface area contributed by atoms with Gasteiger partial charge in [-0.2, -0.15) is 13.2 Å². The van der Waals surface area contributed by atoms with E-state index >= 15 is 0 Å². The summed E-state index contributed by atoms with van der Waals surface area (Å²) in [5.41, 5.74) is -1.65. The van der Waals surface area contributed by atoms with E-state index in [0.29, 0.717) is 6.07 Å². The minimum atomic E-state index is -5.16. The summed E-state index contributed by atoms with van der Waals surface area (Å²) in [5.74, 6) is -2.88. The molecule has 0 radical (unpaired) electrons. The van der Waals surface area contributed by atoms with Crippen molar-refractivity contribution in [3.05, 3.63) is 27.8 Å². The van der Waals surface area contributed by atoms with E-state index in [4.69, 9.17) is 9.47 Å². The molecule has 0 saturated heterocycles. The van der Waals surface area contributed by atoms with Crippen LogP contribution in [0.5, 0.6) is 11.5 Å². The maximum atomic E-state index is 12.5. The molecule has 1 aromatic carbocycles. The molecule has 0 aliphatic heterocycles. The fourth-order valence-electron chi connectivity index (χ4n) is 1.57. The number of carbonyl (C=O) groups is 1. The number of hydrogen-bond donors (Lipinski definition) is 0. The number of alkyl halides is 3. The lowest BCUT2D eigenvalue weighted by atomic mass is 10.1. The SMILES string of the molecule is CCOc1cc(OCC)c([N+](=O)[O-])cc1C(=O)C(F)(F)F. The minimum Gasteiger partial charge on any atom is -0.493 e. The molecular formula is C12H12F3NO5. The van der Waals surface area contributed by atoms with Gasteiger partial charge in [0.2, 0.25) is 5.75 Å². The molecular weight excluding hydrogens is 295 g/mol. The van der Waals surface area contributed by atoms with E-state index in [0.717, 1.165) is 6.07 Å². The molecule has 0 spiro atoms. The number of ether oxygens (including phenoxy) is 2. The first kappa shape index (κ1) is 16.7. The van der Waals surface area contributed by atoms with Crippen molar-refractivity contribution in [1.29, 1.82) is 0 Å². The molecule has 116 valence electrons. The van der Waals surface area contributed by atoms with E-state index in [9.17, 15) is 28.1 Å². The number of ketones is 1. The van der Waals surface area contributed by atoms with Crippen molar-refractivity contribution >= 4 is 11.5 Å². The number of nitrogens with zero attached hydrogens (tertiary/aromatic N) is 1. The highest BCUT2D eigenvalue weighted by Crippen LogP contribution is 2.37. The highest BCUT2D eigenvalue weighted by atomic mass is 19.4. The average molecular weight is 307 g/mol. The van der Waals surface area contributed by atoms with Crippen molar-refractivity contribution in [3.8, 4) is 11.5 Å². The molecule has 0 unspecified atom stereocenters. The van der Waals surface area contributed by atoms with Gasteiger partial charge in [-0.3, -0.25) is 14.9 Å². The molecule has 0 N–H and O–H groups in total. The first-order chi connectivity index (χ1) is 9.72. The van der Waals surface area contributed by atoms with Crippen molar-refractivity contribution in [2.45, 2.75) is 20.0 Å². The Balaban J connectivity index is 3.50. The van der Waals surface area contributed by atoms with E-state index in [2.05, 4.69) is 0 Å². The van der Waals surface area contributed by atoms with Crippen molar-refractivity contribution in [3.63, 3.8) is 0 Å². The van der Waals surface area contributed by atoms with E-state index in [-0.39, 0.29) is 19.0 Å². The monoisotopic (exact) mass is 307 g/mol. The van der Waals surface area contributed by atoms with E-state index in [1.165, 1.54) is 6.92 Å². The Hall–Kier alpha value is -2.32. The number of rotatable bonds is 6. The molecule has 0 amide bonds. The van der Waals surface area contributed by atoms with Crippen molar-refractivity contribution in [2.24, 2.45) is 0 Å². The quantitative estimate of drug-likeness (QED) is 0.458. The van der Waals surface area contributed by atoms with Gasteiger partial charge in [0.15, 0.2) is 0 Å². The number of hydrogen-bond acceptors (Lipinski definition) is 5. The number of halogens is 3. The van der Waals surface area contributed by atoms with Crippen molar-refractivity contribution in [1.82, 2.24) is 0 Å². The maximum Gasteiger partial charge on any atom is 0.455 e. The van der Waals surface area contributed by atoms with Crippen molar-refractivity contribution < 1.29 is 32.4 Å². The van der Waals surface area contributed by atoms with Gasteiger partial charge in [-0.1, -0.05) is 0 Å². The van der Waals surface area contributed by atoms with Crippen LogP contribution in [0.1, 0.15) is 24.2 Å². The molecule has 0 bridgehead atoms. The summed E-state index contributed by atoms with van der Waals surface area (Å²) in [5, 5.41) is 10.9. The Labute approximate surface area is 117 Å². The van der Waals surface area contributed by atoms with Gasteiger partial charge in [0.05, 0.1) is 23.7 Å². The third kappa shape index (κ3) is 3.83. The van der Waals surface area contributed by atoms with Crippen LogP contribution >= 0.6 is 0 Å². The fourth-order valence-corrected chi connectivity index (χ4v) is 1.57. The van der Waals surface area contributed by atoms with Gasteiger partial charge in [-0.05, 0) is 13.8 Å². The Kier molecular flexibility index (Phi) is 5.12. The topological polar surface area (TPSA) is 78.7 Å². The Bertz CT molecular complexity index is 557. The minimum absolute atomic E-state index is 0.0124. The molecule has 6 nitrogen and oxygen atoms in total. The molecule has 0 fully saturated rings. The van der Waals surface area contributed by atoms with Crippen molar-refractivity contribution in [2.75, 3.05) is 13.2 Å². The molecule has 21 heavy (non-hydrogen) atoms. The Morgan fingerprint density at radius 1 is 1.19 bits per heavy atom. The van der Waals surface area contributed by atoms with Crippen LogP contribution in [0.25, 0.3) is 0 Å². The summed E-state index contributed by atoms with van der Waals surface area (Å²) in [6, 6.07) is 1.44. The largest absolute Gasteiger partial charge is 0.493 e. The second kappa shape index (κ2) is 6.42. The van der Waals surface area contributed by atoms with Crippen LogP contribution in [0.3, 0.4) is 0 Å². The molecule has 1 aromatic rings. The first-order valence-electron chi connectivity index (χ1n) is 5.91. The Morgan fingerprint density at radius 3 is 2.14 bits per heavy atom. The summed E-state index contributed by atoms with van der Waals surface area (Å²) in [6.07, 6.45) is -5.16. The van der Waals surface area contributed by atoms with Crippen LogP contribution in [0.15, 0.2) is 12.1 Å². The summed E-state index contributed by atoms with van der Waals surface area (Å²) in [7, 11) is 0. The van der Waals surface area contributed by atoms with Crippen LogP contribution in [0, 0.1) is 10.1 Å². The van der Waals surface area contributed by atoms with E-state index < -0.39 is 33.9 Å². The number of benzene rings is 1. The van der Waals surface area contributed by atoms with Gasteiger partial charge < -0.3 is 9.47 Å². The van der Waals surface area contributed by atoms with E-state index in [1.54, 1.807) is 6.92 Å². The van der Waals surface area contributed by atoms with E-state index in [1.807, 2.05) is 0 Å². The normalized spacial score (nSPS) is 11.1. The van der Waals surface area contributed by atoms with Gasteiger partial charge in [0, 0.05) is 12.1 Å². The predicted octanol–water partition coefficient (Wildman–Crippen LogP) is 3.14. The highest BCUT2D eigenvalue weighted by Gasteiger charge is 2.42. The number of Topliss-reactive ketones (excluding diaryl/α,β-unsaturated/α-hetero) is 1. The summed E-state index contributed by atoms with van der Waals surface area (Å²) in [4.78, 5) is 21.3. The molecule has 9 heteroatoms. The summed E-state index contributed by atoms with van der Waals surface area (Å²) >= 11 is 0. The molecule has 0 aliphatic rings. The van der Waals surface area contributed by atoms with Crippen LogP contribution in [0.4, 0.5) is 18.9 Å². The predicted molar refractivity (Wildman–Crippen MR) is 65.8 cm³/mol. The Morgan fingerprint density at radius 2 is 1.71 bits per heavy atom. The average Bonchev–Trinajstić information content (AvgIpc) is 2.37. The van der Waals surface area contributed by atoms with Crippen LogP contribution in [-0.2, 0) is 0 Å². The van der Waals surface area contributed by atoms with Crippen LogP contribution in [-0.4, -0.2) is 30.1 Å². The zero-order chi connectivity index (χ0) is 16.2. The molecule has 1 rings (SSSR count). The zero-order valence-corrected chi connectivity index (χ0v) is 11.2. The molecule has 0 saturated carbocycles. The lowest BCUT2D eigenvalue weighted by molar-refractivity contribution is -0.385. The highest BCUT2D eigenvalue weighted by molar-refractivity contribution is 6.03. The number of carbonyl (C=O) groups excluding carboxylic acids is 1. The van der Waals surface area contributed by atoms with Gasteiger partial charge in [0.25, 0.3) is 5.78 Å². The molecule has 0 heterocycles. The second-order valence-corrected chi connectivity index (χ2v) is 3.77. The van der Waals surface area contributed by atoms with Crippen LogP contribution < -0.4 is 9.47 Å². The molecule has 0 atom stereocenters. The second-order valence-electron chi connectivity index (χ2n) is 3.77. The maximum absolute atomic E-state index is 12.5. The lowest BCUT2D eigenvalue weighted by Crippen LogP contribution is -2.23. The summed E-state index contributed by atoms with van der Waals surface area (Å²) < 4.78 is 47.5. The smallest absolute Gasteiger partial charge is 0.455 e. The first-order valence-corrected chi connectivity index (χ1v) is 5.91. The van der Waals surface area contributed by atoms with Gasteiger partial charge in [-0.15, -0.1) is 0 Å². The van der Waals surface area contributed by atoms with Crippen LogP contribution in [0.2, 0.25) is 0 Å². The molecule has 0 aliphatic carbocycles. The van der Waals surface area contributed by atoms with Gasteiger partial charge >= 0.3 is 11.9 Å². The van der Waals surface area contributed by atoms with Gasteiger partial charge in [-0.25, -0.2) is 0 Å². The molecule has 0 aromatic heterocycles. The fraction of sp³-hybridized carbons (Fsp3) is 0.417. The number of nitro groups is 1.